The molecule has 0 unspecified atom stereocenters. The van der Waals surface area contributed by atoms with Crippen molar-refractivity contribution >= 4 is 33.3 Å². The molecule has 1 N–H and O–H groups in total. The Kier molecular flexibility index (Phi) is 5.52. The van der Waals surface area contributed by atoms with Crippen LogP contribution in [0.4, 0.5) is 9.52 Å². The molecular formula is C24H20FN3O5S. The lowest BCUT2D eigenvalue weighted by molar-refractivity contribution is 0.0970. The van der Waals surface area contributed by atoms with E-state index in [4.69, 9.17) is 9.15 Å². The van der Waals surface area contributed by atoms with Gasteiger partial charge in [-0.05, 0) is 49.2 Å². The predicted octanol–water partition coefficient (Wildman–Crippen LogP) is 4.59. The molecule has 1 atom stereocenters. The highest BCUT2D eigenvalue weighted by molar-refractivity contribution is 7.15. The predicted molar refractivity (Wildman–Crippen MR) is 124 cm³/mol. The van der Waals surface area contributed by atoms with E-state index in [1.165, 1.54) is 34.4 Å². The standard InChI is InChI=1S/C24H20FN3O5S/c1-3-5-18-26-27-24(34-18)28-20(12-6-8-15(29)17(10-12)32-4-2)19-21(30)14-11-13(25)7-9-16(14)33-22(19)23(28)31/h6-11,20,29H,3-5H2,1-2H3/t20-/m0/s1. The van der Waals surface area contributed by atoms with Gasteiger partial charge in [-0.3, -0.25) is 14.5 Å². The van der Waals surface area contributed by atoms with Crippen LogP contribution < -0.4 is 15.1 Å². The fourth-order valence-corrected chi connectivity index (χ4v) is 5.05. The number of rotatable bonds is 6. The molecule has 0 aliphatic carbocycles. The topological polar surface area (TPSA) is 106 Å². The van der Waals surface area contributed by atoms with Crippen LogP contribution in [0.3, 0.4) is 0 Å². The first-order valence-corrected chi connectivity index (χ1v) is 11.6. The van der Waals surface area contributed by atoms with Crippen LogP contribution in [0.2, 0.25) is 0 Å². The molecule has 0 saturated heterocycles. The zero-order valence-corrected chi connectivity index (χ0v) is 19.2. The molecular weight excluding hydrogens is 461 g/mol. The quantitative estimate of drug-likeness (QED) is 0.429. The highest BCUT2D eigenvalue weighted by Gasteiger charge is 2.45. The largest absolute Gasteiger partial charge is 0.504 e. The zero-order valence-electron chi connectivity index (χ0n) is 18.4. The van der Waals surface area contributed by atoms with Crippen molar-refractivity contribution in [3.05, 3.63) is 74.3 Å². The number of hydrogen-bond donors (Lipinski definition) is 1. The average Bonchev–Trinajstić information content (AvgIpc) is 3.39. The lowest BCUT2D eigenvalue weighted by atomic mass is 9.98. The molecule has 0 fully saturated rings. The van der Waals surface area contributed by atoms with Gasteiger partial charge in [0.2, 0.25) is 10.9 Å². The Labute approximate surface area is 197 Å². The summed E-state index contributed by atoms with van der Waals surface area (Å²) in [5, 5.41) is 19.7. The number of carbonyl (C=O) groups excluding carboxylic acids is 1. The molecule has 0 saturated carbocycles. The van der Waals surface area contributed by atoms with Crippen LogP contribution in [0.15, 0.2) is 45.6 Å². The van der Waals surface area contributed by atoms with E-state index in [1.54, 1.807) is 19.1 Å². The van der Waals surface area contributed by atoms with E-state index in [0.29, 0.717) is 23.7 Å². The molecule has 0 radical (unpaired) electrons. The van der Waals surface area contributed by atoms with E-state index in [2.05, 4.69) is 10.2 Å². The Balaban J connectivity index is 1.76. The van der Waals surface area contributed by atoms with E-state index in [0.717, 1.165) is 17.5 Å². The van der Waals surface area contributed by atoms with Gasteiger partial charge < -0.3 is 14.3 Å². The van der Waals surface area contributed by atoms with E-state index >= 15 is 0 Å². The van der Waals surface area contributed by atoms with Crippen molar-refractivity contribution < 1.29 is 23.4 Å². The zero-order chi connectivity index (χ0) is 24.0. The maximum absolute atomic E-state index is 13.9. The first kappa shape index (κ1) is 22.0. The number of anilines is 1. The van der Waals surface area contributed by atoms with Crippen LogP contribution in [-0.2, 0) is 6.42 Å². The number of halogens is 1. The summed E-state index contributed by atoms with van der Waals surface area (Å²) in [5.41, 5.74) is 0.178. The number of aryl methyl sites for hydroxylation is 1. The van der Waals surface area contributed by atoms with Crippen molar-refractivity contribution in [2.75, 3.05) is 11.5 Å². The number of carbonyl (C=O) groups is 1. The number of benzene rings is 2. The molecule has 3 heterocycles. The smallest absolute Gasteiger partial charge is 0.297 e. The van der Waals surface area contributed by atoms with Gasteiger partial charge in [0, 0.05) is 6.42 Å². The number of phenolic OH excluding ortho intramolecular Hbond substituents is 1. The van der Waals surface area contributed by atoms with Crippen LogP contribution in [-0.4, -0.2) is 27.8 Å². The molecule has 34 heavy (non-hydrogen) atoms. The fraction of sp³-hybridized carbons (Fsp3) is 0.250. The lowest BCUT2D eigenvalue weighted by Crippen LogP contribution is -2.29. The van der Waals surface area contributed by atoms with Gasteiger partial charge >= 0.3 is 0 Å². The SMILES string of the molecule is CCCc1nnc(N2C(=O)c3oc4ccc(F)cc4c(=O)c3[C@@H]2c2ccc(O)c(OCC)c2)s1. The van der Waals surface area contributed by atoms with Crippen molar-refractivity contribution in [1.29, 1.82) is 0 Å². The Morgan fingerprint density at radius 3 is 2.76 bits per heavy atom. The molecule has 174 valence electrons. The first-order valence-electron chi connectivity index (χ1n) is 10.8. The summed E-state index contributed by atoms with van der Waals surface area (Å²) in [6.45, 7) is 4.10. The highest BCUT2D eigenvalue weighted by Crippen LogP contribution is 2.44. The molecule has 1 amide bonds. The monoisotopic (exact) mass is 481 g/mol. The third-order valence-electron chi connectivity index (χ3n) is 5.56. The van der Waals surface area contributed by atoms with Gasteiger partial charge in [-0.1, -0.05) is 24.3 Å². The number of nitrogens with zero attached hydrogens (tertiary/aromatic N) is 3. The van der Waals surface area contributed by atoms with Crippen LogP contribution in [0.25, 0.3) is 11.0 Å². The van der Waals surface area contributed by atoms with Crippen molar-refractivity contribution in [1.82, 2.24) is 10.2 Å². The average molecular weight is 482 g/mol. The van der Waals surface area contributed by atoms with E-state index in [-0.39, 0.29) is 33.8 Å². The minimum Gasteiger partial charge on any atom is -0.504 e. The summed E-state index contributed by atoms with van der Waals surface area (Å²) in [5.74, 6) is -1.13. The minimum absolute atomic E-state index is 0.0335. The van der Waals surface area contributed by atoms with E-state index in [9.17, 15) is 19.1 Å². The van der Waals surface area contributed by atoms with Crippen molar-refractivity contribution in [3.63, 3.8) is 0 Å². The third-order valence-corrected chi connectivity index (χ3v) is 6.54. The summed E-state index contributed by atoms with van der Waals surface area (Å²) in [4.78, 5) is 28.5. The molecule has 1 aliphatic rings. The van der Waals surface area contributed by atoms with E-state index in [1.807, 2.05) is 6.92 Å². The van der Waals surface area contributed by atoms with E-state index < -0.39 is 23.2 Å². The van der Waals surface area contributed by atoms with Gasteiger partial charge in [0.25, 0.3) is 5.91 Å². The van der Waals surface area contributed by atoms with Crippen LogP contribution in [0.1, 0.15) is 53.0 Å². The maximum Gasteiger partial charge on any atom is 0.297 e. The van der Waals surface area contributed by atoms with Crippen LogP contribution in [0, 0.1) is 5.82 Å². The van der Waals surface area contributed by atoms with Gasteiger partial charge in [-0.2, -0.15) is 0 Å². The second kappa shape index (κ2) is 8.53. The molecule has 10 heteroatoms. The lowest BCUT2D eigenvalue weighted by Gasteiger charge is -2.22. The van der Waals surface area contributed by atoms with Crippen molar-refractivity contribution in [3.8, 4) is 11.5 Å². The van der Waals surface area contributed by atoms with Crippen molar-refractivity contribution in [2.24, 2.45) is 0 Å². The van der Waals surface area contributed by atoms with Crippen molar-refractivity contribution in [2.45, 2.75) is 32.7 Å². The van der Waals surface area contributed by atoms with Crippen LogP contribution >= 0.6 is 11.3 Å². The summed E-state index contributed by atoms with van der Waals surface area (Å²) in [6.07, 6.45) is 1.56. The molecule has 4 aromatic rings. The van der Waals surface area contributed by atoms with Gasteiger partial charge in [0.1, 0.15) is 16.4 Å². The van der Waals surface area contributed by atoms with Gasteiger partial charge in [-0.25, -0.2) is 4.39 Å². The van der Waals surface area contributed by atoms with Gasteiger partial charge in [0.15, 0.2) is 16.9 Å². The fourth-order valence-electron chi connectivity index (χ4n) is 4.09. The highest BCUT2D eigenvalue weighted by atomic mass is 32.1. The molecule has 8 nitrogen and oxygen atoms in total. The summed E-state index contributed by atoms with van der Waals surface area (Å²) >= 11 is 1.26. The summed E-state index contributed by atoms with van der Waals surface area (Å²) in [6, 6.07) is 7.28. The number of hydrogen-bond acceptors (Lipinski definition) is 8. The Bertz CT molecular complexity index is 1480. The normalized spacial score (nSPS) is 15.2. The Morgan fingerprint density at radius 2 is 2.00 bits per heavy atom. The van der Waals surface area contributed by atoms with Gasteiger partial charge in [0.05, 0.1) is 23.6 Å². The molecule has 2 aromatic heterocycles. The first-order chi connectivity index (χ1) is 16.4. The second-order valence-corrected chi connectivity index (χ2v) is 8.82. The van der Waals surface area contributed by atoms with Crippen LogP contribution in [0.5, 0.6) is 11.5 Å². The Morgan fingerprint density at radius 1 is 1.18 bits per heavy atom. The number of phenols is 1. The molecule has 2 aromatic carbocycles. The number of fused-ring (bicyclic) bond motifs is 2. The molecule has 5 rings (SSSR count). The number of aromatic hydroxyl groups is 1. The third kappa shape index (κ3) is 3.50. The summed E-state index contributed by atoms with van der Waals surface area (Å²) < 4.78 is 25.3. The maximum atomic E-state index is 13.9. The molecule has 0 bridgehead atoms. The number of amides is 1. The minimum atomic E-state index is -0.923. The molecule has 1 aliphatic heterocycles. The number of aromatic nitrogens is 2. The molecule has 0 spiro atoms. The Hall–Kier alpha value is -3.79. The van der Waals surface area contributed by atoms with Gasteiger partial charge in [-0.15, -0.1) is 10.2 Å². The summed E-state index contributed by atoms with van der Waals surface area (Å²) in [7, 11) is 0. The second-order valence-electron chi connectivity index (χ2n) is 7.78. The number of ether oxygens (including phenoxy) is 1.